The first-order valence-electron chi connectivity index (χ1n) is 25.7. The maximum atomic E-state index is 4.74. The SMILES string of the molecule is Cc1ccc(C2(CCCCc3cc[c-]c(-c4nccc5ccccc45)c3)c3cc(C)ccc3-c3ccc(C)cc32)cc1.[Ir+3].[c-]1ccccc1-c1nccc2ccccc12.[c-]1ccccc1-c1nccc2ccccc12. The van der Waals surface area contributed by atoms with Crippen LogP contribution in [-0.2, 0) is 31.9 Å². The van der Waals surface area contributed by atoms with Crippen LogP contribution in [0.25, 0.3) is 77.2 Å². The molecular weight excluding hydrogens is 1090 g/mol. The van der Waals surface area contributed by atoms with Crippen molar-refractivity contribution in [2.24, 2.45) is 0 Å². The second kappa shape index (κ2) is 23.0. The van der Waals surface area contributed by atoms with Crippen LogP contribution in [0.1, 0.15) is 58.2 Å². The zero-order valence-corrected chi connectivity index (χ0v) is 44.9. The predicted molar refractivity (Wildman–Crippen MR) is 308 cm³/mol. The molecule has 0 saturated carbocycles. The van der Waals surface area contributed by atoms with Crippen molar-refractivity contribution in [3.05, 3.63) is 294 Å². The maximum absolute atomic E-state index is 4.74. The van der Waals surface area contributed by atoms with Crippen LogP contribution in [0.2, 0.25) is 0 Å². The van der Waals surface area contributed by atoms with Gasteiger partial charge in [-0.2, -0.15) is 0 Å². The number of unbranched alkanes of at least 4 members (excludes halogenated alkanes) is 1. The molecule has 1 aliphatic rings. The van der Waals surface area contributed by atoms with E-state index >= 15 is 0 Å². The number of rotatable bonds is 9. The summed E-state index contributed by atoms with van der Waals surface area (Å²) in [6.45, 7) is 6.63. The van der Waals surface area contributed by atoms with Crippen molar-refractivity contribution in [1.82, 2.24) is 15.0 Å². The van der Waals surface area contributed by atoms with Gasteiger partial charge in [-0.05, 0) is 129 Å². The first kappa shape index (κ1) is 50.4. The van der Waals surface area contributed by atoms with E-state index in [1.807, 2.05) is 104 Å². The second-order valence-corrected chi connectivity index (χ2v) is 19.4. The van der Waals surface area contributed by atoms with Gasteiger partial charge in [-0.25, -0.2) is 0 Å². The van der Waals surface area contributed by atoms with Crippen molar-refractivity contribution in [2.75, 3.05) is 0 Å². The molecule has 0 unspecified atom stereocenters. The molecule has 0 saturated heterocycles. The summed E-state index contributed by atoms with van der Waals surface area (Å²) in [5.74, 6) is 0. The fraction of sp³-hybridized carbons (Fsp3) is 0.113. The number of hydrogen-bond acceptors (Lipinski definition) is 3. The quantitative estimate of drug-likeness (QED) is 0.107. The van der Waals surface area contributed by atoms with Gasteiger partial charge in [-0.3, -0.25) is 0 Å². The second-order valence-electron chi connectivity index (χ2n) is 19.4. The average molecular weight is 1140 g/mol. The van der Waals surface area contributed by atoms with Gasteiger partial charge in [0.15, 0.2) is 0 Å². The molecule has 0 aliphatic heterocycles. The maximum Gasteiger partial charge on any atom is 3.00 e. The third kappa shape index (κ3) is 10.6. The van der Waals surface area contributed by atoms with Crippen LogP contribution in [0.3, 0.4) is 0 Å². The monoisotopic (exact) mass is 1140 g/mol. The van der Waals surface area contributed by atoms with Crippen LogP contribution in [0.15, 0.2) is 237 Å². The summed E-state index contributed by atoms with van der Waals surface area (Å²) >= 11 is 0. The van der Waals surface area contributed by atoms with Gasteiger partial charge in [0.05, 0.1) is 0 Å². The first-order chi connectivity index (χ1) is 36.4. The van der Waals surface area contributed by atoms with Gasteiger partial charge in [0, 0.05) is 24.0 Å². The van der Waals surface area contributed by atoms with E-state index in [1.165, 1.54) is 82.4 Å². The number of nitrogens with zero attached hydrogens (tertiary/aromatic N) is 3. The van der Waals surface area contributed by atoms with E-state index in [1.54, 1.807) is 0 Å². The number of benzene rings is 9. The molecule has 4 heteroatoms. The standard InChI is InChI=1S/C41H36N.2C15H10N.Ir/c1-28-14-18-34(19-15-28)41(38-25-29(2)16-20-36(38)37-21-17-30(3)26-39(37)41)23-7-6-9-31-10-8-12-33(27-31)40-35-13-5-4-11-32(35)22-24-42-40;2*1-2-7-13(8-3-1)15-14-9-5-4-6-12(14)10-11-16-15;/h4-5,8,10-11,13-22,24-27H,6-7,9,23H2,1-3H3;2*1-7,9-11H;/q3*-1;+3. The van der Waals surface area contributed by atoms with Gasteiger partial charge in [0.2, 0.25) is 0 Å². The third-order valence-corrected chi connectivity index (χ3v) is 14.4. The van der Waals surface area contributed by atoms with E-state index < -0.39 is 0 Å². The van der Waals surface area contributed by atoms with Gasteiger partial charge in [-0.1, -0.05) is 163 Å². The molecule has 364 valence electrons. The van der Waals surface area contributed by atoms with E-state index in [-0.39, 0.29) is 25.5 Å². The Balaban J connectivity index is 0.000000158. The van der Waals surface area contributed by atoms with Crippen molar-refractivity contribution in [2.45, 2.75) is 51.9 Å². The van der Waals surface area contributed by atoms with Crippen molar-refractivity contribution in [3.8, 4) is 44.9 Å². The Hall–Kier alpha value is -8.14. The topological polar surface area (TPSA) is 38.7 Å². The summed E-state index contributed by atoms with van der Waals surface area (Å²) < 4.78 is 0. The molecule has 0 spiro atoms. The number of aromatic nitrogens is 3. The molecule has 0 fully saturated rings. The Kier molecular flexibility index (Phi) is 15.4. The van der Waals surface area contributed by atoms with Gasteiger partial charge in [0.1, 0.15) is 0 Å². The first-order valence-corrected chi connectivity index (χ1v) is 25.7. The largest absolute Gasteiger partial charge is 3.00 e. The number of hydrogen-bond donors (Lipinski definition) is 0. The number of fused-ring (bicyclic) bond motifs is 6. The predicted octanol–water partition coefficient (Wildman–Crippen LogP) is 17.8. The third-order valence-electron chi connectivity index (χ3n) is 14.4. The average Bonchev–Trinajstić information content (AvgIpc) is 3.75. The van der Waals surface area contributed by atoms with Crippen molar-refractivity contribution < 1.29 is 20.1 Å². The molecular formula is C71H56IrN3. The van der Waals surface area contributed by atoms with Crippen LogP contribution in [0.5, 0.6) is 0 Å². The van der Waals surface area contributed by atoms with E-state index in [0.29, 0.717) is 0 Å². The fourth-order valence-electron chi connectivity index (χ4n) is 10.8. The zero-order valence-electron chi connectivity index (χ0n) is 42.5. The van der Waals surface area contributed by atoms with Crippen LogP contribution in [0, 0.1) is 39.0 Å². The molecule has 0 bridgehead atoms. The van der Waals surface area contributed by atoms with Gasteiger partial charge >= 0.3 is 20.1 Å². The molecule has 1 aliphatic carbocycles. The van der Waals surface area contributed by atoms with E-state index in [2.05, 4.69) is 182 Å². The van der Waals surface area contributed by atoms with Gasteiger partial charge in [-0.15, -0.1) is 107 Å². The van der Waals surface area contributed by atoms with Crippen LogP contribution >= 0.6 is 0 Å². The summed E-state index contributed by atoms with van der Waals surface area (Å²) in [5, 5.41) is 7.16. The molecule has 0 radical (unpaired) electrons. The summed E-state index contributed by atoms with van der Waals surface area (Å²) in [5.41, 5.74) is 18.4. The minimum atomic E-state index is -0.140. The Morgan fingerprint density at radius 2 is 0.827 bits per heavy atom. The van der Waals surface area contributed by atoms with Crippen molar-refractivity contribution in [3.63, 3.8) is 0 Å². The van der Waals surface area contributed by atoms with Crippen molar-refractivity contribution in [1.29, 1.82) is 0 Å². The molecule has 0 atom stereocenters. The van der Waals surface area contributed by atoms with Gasteiger partial charge in [0.25, 0.3) is 0 Å². The number of aryl methyl sites for hydroxylation is 4. The molecule has 3 nitrogen and oxygen atoms in total. The molecule has 3 aromatic heterocycles. The minimum absolute atomic E-state index is 0. The van der Waals surface area contributed by atoms with Gasteiger partial charge < -0.3 is 15.0 Å². The van der Waals surface area contributed by atoms with Crippen LogP contribution < -0.4 is 0 Å². The summed E-state index contributed by atoms with van der Waals surface area (Å²) in [7, 11) is 0. The normalized spacial score (nSPS) is 11.9. The molecule has 3 heterocycles. The molecule has 75 heavy (non-hydrogen) atoms. The summed E-state index contributed by atoms with van der Waals surface area (Å²) in [6, 6.07) is 86.9. The zero-order chi connectivity index (χ0) is 50.3. The smallest absolute Gasteiger partial charge is 0.304 e. The Bertz CT molecular complexity index is 3700. The Morgan fingerprint density at radius 1 is 0.387 bits per heavy atom. The van der Waals surface area contributed by atoms with E-state index in [9.17, 15) is 0 Å². The summed E-state index contributed by atoms with van der Waals surface area (Å²) in [6.07, 6.45) is 9.98. The Morgan fingerprint density at radius 3 is 1.31 bits per heavy atom. The molecule has 9 aromatic carbocycles. The molecule has 0 N–H and O–H groups in total. The van der Waals surface area contributed by atoms with Crippen LogP contribution in [-0.4, -0.2) is 15.0 Å². The van der Waals surface area contributed by atoms with E-state index in [4.69, 9.17) is 4.98 Å². The summed E-state index contributed by atoms with van der Waals surface area (Å²) in [4.78, 5) is 13.6. The molecule has 0 amide bonds. The molecule has 12 aromatic rings. The van der Waals surface area contributed by atoms with E-state index in [0.717, 1.165) is 59.5 Å². The van der Waals surface area contributed by atoms with Crippen molar-refractivity contribution >= 4 is 32.3 Å². The molecule has 13 rings (SSSR count). The Labute approximate surface area is 455 Å². The minimum Gasteiger partial charge on any atom is -0.304 e. The number of pyridine rings is 3. The fourth-order valence-corrected chi connectivity index (χ4v) is 10.8. The van der Waals surface area contributed by atoms with Crippen LogP contribution in [0.4, 0.5) is 0 Å².